The van der Waals surface area contributed by atoms with Gasteiger partial charge in [-0.05, 0) is 23.8 Å². The minimum Gasteiger partial charge on any atom is -0.545 e. The molecule has 9 heteroatoms. The zero-order chi connectivity index (χ0) is 21.0. The molecule has 1 saturated heterocycles. The summed E-state index contributed by atoms with van der Waals surface area (Å²) in [6.07, 6.45) is 1.62. The van der Waals surface area contributed by atoms with Crippen molar-refractivity contribution in [1.82, 2.24) is 4.90 Å². The van der Waals surface area contributed by atoms with Crippen molar-refractivity contribution >= 4 is 69.4 Å². The van der Waals surface area contributed by atoms with E-state index in [4.69, 9.17) is 23.8 Å². The fraction of sp³-hybridized carbons (Fsp3) is 0.100. The molecule has 148 valence electrons. The van der Waals surface area contributed by atoms with E-state index in [9.17, 15) is 19.5 Å². The Bertz CT molecular complexity index is 1040. The number of halogens is 1. The first kappa shape index (κ1) is 21.0. The summed E-state index contributed by atoms with van der Waals surface area (Å²) in [4.78, 5) is 37.7. The summed E-state index contributed by atoms with van der Waals surface area (Å²) >= 11 is 12.5. The van der Waals surface area contributed by atoms with Crippen LogP contribution in [0.4, 0.5) is 5.69 Å². The van der Waals surface area contributed by atoms with Gasteiger partial charge in [-0.15, -0.1) is 0 Å². The highest BCUT2D eigenvalue weighted by atomic mass is 35.5. The second kappa shape index (κ2) is 9.21. The summed E-state index contributed by atoms with van der Waals surface area (Å²) in [5.74, 6) is -2.13. The summed E-state index contributed by atoms with van der Waals surface area (Å²) in [5.41, 5.74) is 0.724. The van der Waals surface area contributed by atoms with Crippen molar-refractivity contribution in [1.29, 1.82) is 0 Å². The topological polar surface area (TPSA) is 89.5 Å². The van der Waals surface area contributed by atoms with Crippen LogP contribution in [0.1, 0.15) is 22.3 Å². The third-order valence-electron chi connectivity index (χ3n) is 4.05. The molecule has 0 atom stereocenters. The lowest BCUT2D eigenvalue weighted by Gasteiger charge is -2.15. The number of rotatable bonds is 6. The molecule has 0 aliphatic carbocycles. The van der Waals surface area contributed by atoms with Crippen LogP contribution in [0.25, 0.3) is 6.08 Å². The molecule has 2 amide bonds. The normalized spacial score (nSPS) is 15.1. The van der Waals surface area contributed by atoms with Gasteiger partial charge in [0.15, 0.2) is 0 Å². The molecule has 0 bridgehead atoms. The molecule has 0 spiro atoms. The van der Waals surface area contributed by atoms with Gasteiger partial charge in [0.25, 0.3) is 5.91 Å². The van der Waals surface area contributed by atoms with Gasteiger partial charge in [-0.25, -0.2) is 0 Å². The van der Waals surface area contributed by atoms with Crippen LogP contribution in [-0.2, 0) is 9.59 Å². The minimum atomic E-state index is -1.39. The maximum absolute atomic E-state index is 12.6. The first-order valence-corrected chi connectivity index (χ1v) is 10.1. The van der Waals surface area contributed by atoms with Crippen molar-refractivity contribution in [3.8, 4) is 0 Å². The molecule has 1 N–H and O–H groups in total. The number of para-hydroxylation sites is 1. The Kier molecular flexibility index (Phi) is 6.68. The summed E-state index contributed by atoms with van der Waals surface area (Å²) < 4.78 is 0.344. The number of carbonyl (C=O) groups excluding carboxylic acids is 3. The molecule has 1 fully saturated rings. The number of thiocarbonyl (C=S) groups is 1. The maximum Gasteiger partial charge on any atom is 0.266 e. The molecule has 2 aromatic carbocycles. The van der Waals surface area contributed by atoms with Crippen LogP contribution in [0.2, 0.25) is 5.02 Å². The summed E-state index contributed by atoms with van der Waals surface area (Å²) in [6.45, 7) is 0.0733. The van der Waals surface area contributed by atoms with Crippen molar-refractivity contribution < 1.29 is 19.5 Å². The number of nitrogens with one attached hydrogen (secondary N) is 1. The lowest BCUT2D eigenvalue weighted by atomic mass is 10.1. The zero-order valence-corrected chi connectivity index (χ0v) is 17.3. The second-order valence-electron chi connectivity index (χ2n) is 5.99. The van der Waals surface area contributed by atoms with Gasteiger partial charge in [0.2, 0.25) is 5.91 Å². The SMILES string of the molecule is O=C(CCN1C(=O)/C(=C/c2ccccc2Cl)SC1=S)Nc1ccccc1C(=O)[O-]. The predicted octanol–water partition coefficient (Wildman–Crippen LogP) is 2.93. The number of hydrogen-bond donors (Lipinski definition) is 1. The maximum atomic E-state index is 12.6. The average Bonchev–Trinajstić information content (AvgIpc) is 2.95. The molecule has 6 nitrogen and oxygen atoms in total. The number of nitrogens with zero attached hydrogens (tertiary/aromatic N) is 1. The second-order valence-corrected chi connectivity index (χ2v) is 8.07. The first-order chi connectivity index (χ1) is 13.9. The average molecular weight is 446 g/mol. The Morgan fingerprint density at radius 1 is 1.17 bits per heavy atom. The van der Waals surface area contributed by atoms with Crippen LogP contribution >= 0.6 is 35.6 Å². The third-order valence-corrected chi connectivity index (χ3v) is 5.77. The third kappa shape index (κ3) is 5.03. The molecule has 3 rings (SSSR count). The largest absolute Gasteiger partial charge is 0.545 e. The zero-order valence-electron chi connectivity index (χ0n) is 14.9. The fourth-order valence-corrected chi connectivity index (χ4v) is 4.11. The molecule has 1 aliphatic heterocycles. The number of aromatic carboxylic acids is 1. The van der Waals surface area contributed by atoms with Crippen molar-refractivity contribution in [3.05, 3.63) is 69.6 Å². The molecule has 1 aliphatic rings. The smallest absolute Gasteiger partial charge is 0.266 e. The Hall–Kier alpha value is -2.68. The van der Waals surface area contributed by atoms with Gasteiger partial charge in [-0.3, -0.25) is 14.5 Å². The van der Waals surface area contributed by atoms with Gasteiger partial charge >= 0.3 is 0 Å². The molecule has 0 saturated carbocycles. The van der Waals surface area contributed by atoms with E-state index in [0.29, 0.717) is 19.8 Å². The highest BCUT2D eigenvalue weighted by molar-refractivity contribution is 8.26. The van der Waals surface area contributed by atoms with E-state index in [1.807, 2.05) is 6.07 Å². The number of carboxylic acid groups (broad SMARTS) is 1. The van der Waals surface area contributed by atoms with Gasteiger partial charge in [0.1, 0.15) is 4.32 Å². The quantitative estimate of drug-likeness (QED) is 0.543. The van der Waals surface area contributed by atoms with Crippen LogP contribution in [0.5, 0.6) is 0 Å². The van der Waals surface area contributed by atoms with E-state index >= 15 is 0 Å². The molecule has 0 unspecified atom stereocenters. The van der Waals surface area contributed by atoms with E-state index < -0.39 is 11.9 Å². The number of carbonyl (C=O) groups is 3. The summed E-state index contributed by atoms with van der Waals surface area (Å²) in [5, 5.41) is 14.2. The van der Waals surface area contributed by atoms with Crippen molar-refractivity contribution in [2.75, 3.05) is 11.9 Å². The van der Waals surface area contributed by atoms with Crippen LogP contribution in [0.3, 0.4) is 0 Å². The van der Waals surface area contributed by atoms with E-state index in [1.54, 1.807) is 30.3 Å². The van der Waals surface area contributed by atoms with Crippen LogP contribution < -0.4 is 10.4 Å². The molecule has 2 aromatic rings. The van der Waals surface area contributed by atoms with E-state index in [1.165, 1.54) is 23.1 Å². The minimum absolute atomic E-state index is 0.0484. The summed E-state index contributed by atoms with van der Waals surface area (Å²) in [7, 11) is 0. The van der Waals surface area contributed by atoms with Gasteiger partial charge in [0.05, 0.1) is 10.9 Å². The monoisotopic (exact) mass is 445 g/mol. The van der Waals surface area contributed by atoms with Crippen LogP contribution in [0, 0.1) is 0 Å². The molecule has 0 aromatic heterocycles. The molecular formula is C20H14ClN2O4S2-. The Morgan fingerprint density at radius 2 is 1.86 bits per heavy atom. The Morgan fingerprint density at radius 3 is 2.59 bits per heavy atom. The first-order valence-electron chi connectivity index (χ1n) is 8.47. The standard InChI is InChI=1S/C20H15ClN2O4S2/c21-14-7-3-1-5-12(14)11-16-18(25)23(20(28)29-16)10-9-17(24)22-15-8-4-2-6-13(15)19(26)27/h1-8,11H,9-10H2,(H,22,24)(H,26,27)/p-1/b16-11-. The van der Waals surface area contributed by atoms with Gasteiger partial charge in [-0.1, -0.05) is 72.0 Å². The van der Waals surface area contributed by atoms with Gasteiger partial charge in [-0.2, -0.15) is 0 Å². The lowest BCUT2D eigenvalue weighted by molar-refractivity contribution is -0.254. The van der Waals surface area contributed by atoms with Crippen molar-refractivity contribution in [2.24, 2.45) is 0 Å². The van der Waals surface area contributed by atoms with Gasteiger partial charge < -0.3 is 15.2 Å². The number of anilines is 1. The fourth-order valence-electron chi connectivity index (χ4n) is 2.62. The van der Waals surface area contributed by atoms with E-state index in [2.05, 4.69) is 5.32 Å². The number of benzene rings is 2. The van der Waals surface area contributed by atoms with Crippen molar-refractivity contribution in [2.45, 2.75) is 6.42 Å². The molecule has 0 radical (unpaired) electrons. The predicted molar refractivity (Wildman–Crippen MR) is 115 cm³/mol. The van der Waals surface area contributed by atoms with Gasteiger partial charge in [0, 0.05) is 29.2 Å². The van der Waals surface area contributed by atoms with E-state index in [-0.39, 0.29) is 30.1 Å². The summed E-state index contributed by atoms with van der Waals surface area (Å²) in [6, 6.07) is 13.1. The highest BCUT2D eigenvalue weighted by Gasteiger charge is 2.32. The highest BCUT2D eigenvalue weighted by Crippen LogP contribution is 2.33. The molecule has 1 heterocycles. The molecular weight excluding hydrogens is 432 g/mol. The number of hydrogen-bond acceptors (Lipinski definition) is 6. The van der Waals surface area contributed by atoms with E-state index in [0.717, 1.165) is 11.8 Å². The number of carboxylic acids is 1. The lowest BCUT2D eigenvalue weighted by Crippen LogP contribution is -2.32. The van der Waals surface area contributed by atoms with Crippen LogP contribution in [0.15, 0.2) is 53.4 Å². The molecule has 29 heavy (non-hydrogen) atoms. The van der Waals surface area contributed by atoms with Crippen molar-refractivity contribution in [3.63, 3.8) is 0 Å². The Balaban J connectivity index is 1.65. The Labute approximate surface area is 181 Å². The number of amides is 2. The van der Waals surface area contributed by atoms with Crippen LogP contribution in [-0.4, -0.2) is 33.5 Å². The number of thioether (sulfide) groups is 1.